The van der Waals surface area contributed by atoms with Crippen LogP contribution in [-0.2, 0) is 11.3 Å². The van der Waals surface area contributed by atoms with E-state index in [-0.39, 0.29) is 12.2 Å². The van der Waals surface area contributed by atoms with E-state index >= 15 is 0 Å². The number of hydrogen-bond donors (Lipinski definition) is 1. The third kappa shape index (κ3) is 3.30. The maximum atomic E-state index is 12.5. The number of esters is 1. The summed E-state index contributed by atoms with van der Waals surface area (Å²) < 4.78 is 15.7. The molecule has 128 valence electrons. The van der Waals surface area contributed by atoms with Gasteiger partial charge >= 0.3 is 5.97 Å². The van der Waals surface area contributed by atoms with E-state index in [4.69, 9.17) is 19.9 Å². The van der Waals surface area contributed by atoms with E-state index in [0.29, 0.717) is 28.7 Å². The van der Waals surface area contributed by atoms with Crippen LogP contribution in [0.1, 0.15) is 16.2 Å². The van der Waals surface area contributed by atoms with Crippen LogP contribution in [0, 0.1) is 0 Å². The summed E-state index contributed by atoms with van der Waals surface area (Å²) >= 11 is 0. The van der Waals surface area contributed by atoms with Crippen molar-refractivity contribution in [3.8, 4) is 11.5 Å². The summed E-state index contributed by atoms with van der Waals surface area (Å²) in [7, 11) is 2.94. The summed E-state index contributed by atoms with van der Waals surface area (Å²) in [5, 5.41) is 0.754. The smallest absolute Gasteiger partial charge is 0.346 e. The first kappa shape index (κ1) is 16.5. The number of nitrogens with zero attached hydrogens (tertiary/aromatic N) is 2. The van der Waals surface area contributed by atoms with Gasteiger partial charge in [-0.15, -0.1) is 0 Å². The Bertz CT molecular complexity index is 905. The number of para-hydroxylation sites is 1. The summed E-state index contributed by atoms with van der Waals surface area (Å²) in [6, 6.07) is 12.4. The van der Waals surface area contributed by atoms with Gasteiger partial charge in [0.25, 0.3) is 0 Å². The molecule has 3 rings (SSSR count). The van der Waals surface area contributed by atoms with Crippen molar-refractivity contribution in [2.24, 2.45) is 0 Å². The minimum absolute atomic E-state index is 0.116. The third-order valence-electron chi connectivity index (χ3n) is 3.64. The zero-order valence-electron chi connectivity index (χ0n) is 13.9. The predicted molar refractivity (Wildman–Crippen MR) is 92.6 cm³/mol. The number of nitrogens with two attached hydrogens (primary N) is 1. The fourth-order valence-corrected chi connectivity index (χ4v) is 2.47. The summed E-state index contributed by atoms with van der Waals surface area (Å²) in [6.07, 6.45) is 0. The first-order valence-corrected chi connectivity index (χ1v) is 7.53. The lowest BCUT2D eigenvalue weighted by Gasteiger charge is -2.12. The topological polar surface area (TPSA) is 96.6 Å². The number of carbonyl (C=O) groups is 1. The quantitative estimate of drug-likeness (QED) is 0.714. The van der Waals surface area contributed by atoms with Gasteiger partial charge in [-0.1, -0.05) is 18.2 Å². The average molecular weight is 339 g/mol. The van der Waals surface area contributed by atoms with Gasteiger partial charge in [0.1, 0.15) is 22.9 Å². The van der Waals surface area contributed by atoms with Crippen LogP contribution in [0.5, 0.6) is 11.5 Å². The van der Waals surface area contributed by atoms with Crippen LogP contribution in [0.15, 0.2) is 42.5 Å². The molecule has 0 fully saturated rings. The van der Waals surface area contributed by atoms with Gasteiger partial charge in [-0.05, 0) is 24.3 Å². The second kappa shape index (κ2) is 7.04. The number of hydrogen-bond acceptors (Lipinski definition) is 7. The molecule has 0 aliphatic rings. The summed E-state index contributed by atoms with van der Waals surface area (Å²) in [5.74, 6) is 0.793. The average Bonchev–Trinajstić information content (AvgIpc) is 2.65. The number of methoxy groups -OCH3 is 2. The van der Waals surface area contributed by atoms with Crippen molar-refractivity contribution < 1.29 is 19.0 Å². The van der Waals surface area contributed by atoms with Crippen molar-refractivity contribution in [3.05, 3.63) is 53.9 Å². The SMILES string of the molecule is COc1cccc(OC)c1C(=O)OCc1nc(N)c2ccccc2n1. The number of rotatable bonds is 5. The largest absolute Gasteiger partial charge is 0.496 e. The minimum atomic E-state index is -0.593. The molecule has 0 radical (unpaired) electrons. The number of aromatic nitrogens is 2. The Kier molecular flexibility index (Phi) is 4.65. The van der Waals surface area contributed by atoms with Crippen molar-refractivity contribution >= 4 is 22.7 Å². The van der Waals surface area contributed by atoms with E-state index in [1.54, 1.807) is 18.2 Å². The van der Waals surface area contributed by atoms with Gasteiger partial charge in [0, 0.05) is 5.39 Å². The number of benzene rings is 2. The van der Waals surface area contributed by atoms with Crippen LogP contribution in [-0.4, -0.2) is 30.2 Å². The molecule has 0 aliphatic heterocycles. The summed E-state index contributed by atoms with van der Waals surface area (Å²) in [4.78, 5) is 21.0. The van der Waals surface area contributed by atoms with E-state index in [9.17, 15) is 4.79 Å². The molecule has 0 unspecified atom stereocenters. The zero-order chi connectivity index (χ0) is 17.8. The molecule has 3 aromatic rings. The Morgan fingerprint density at radius 1 is 1.00 bits per heavy atom. The maximum Gasteiger partial charge on any atom is 0.346 e. The molecule has 25 heavy (non-hydrogen) atoms. The lowest BCUT2D eigenvalue weighted by molar-refractivity contribution is 0.0455. The highest BCUT2D eigenvalue weighted by Gasteiger charge is 2.20. The molecule has 0 bridgehead atoms. The Labute approximate surface area is 144 Å². The number of ether oxygens (including phenoxy) is 3. The zero-order valence-corrected chi connectivity index (χ0v) is 13.9. The Morgan fingerprint density at radius 3 is 2.36 bits per heavy atom. The molecule has 0 saturated carbocycles. The highest BCUT2D eigenvalue weighted by molar-refractivity contribution is 5.95. The molecule has 0 aliphatic carbocycles. The lowest BCUT2D eigenvalue weighted by Crippen LogP contribution is -2.11. The molecule has 2 aromatic carbocycles. The van der Waals surface area contributed by atoms with Gasteiger partial charge in [0.2, 0.25) is 0 Å². The highest BCUT2D eigenvalue weighted by Crippen LogP contribution is 2.29. The van der Waals surface area contributed by atoms with Crippen molar-refractivity contribution in [2.75, 3.05) is 20.0 Å². The molecule has 7 heteroatoms. The normalized spacial score (nSPS) is 10.5. The molecule has 0 saturated heterocycles. The molecule has 1 heterocycles. The van der Waals surface area contributed by atoms with Crippen molar-refractivity contribution in [3.63, 3.8) is 0 Å². The van der Waals surface area contributed by atoms with Crippen LogP contribution in [0.3, 0.4) is 0 Å². The van der Waals surface area contributed by atoms with E-state index in [0.717, 1.165) is 5.39 Å². The van der Waals surface area contributed by atoms with Crippen LogP contribution in [0.2, 0.25) is 0 Å². The molecular weight excluding hydrogens is 322 g/mol. The number of anilines is 1. The van der Waals surface area contributed by atoms with E-state index in [1.165, 1.54) is 14.2 Å². The van der Waals surface area contributed by atoms with Gasteiger partial charge in [-0.3, -0.25) is 0 Å². The van der Waals surface area contributed by atoms with Gasteiger partial charge < -0.3 is 19.9 Å². The Hall–Kier alpha value is -3.35. The third-order valence-corrected chi connectivity index (χ3v) is 3.64. The van der Waals surface area contributed by atoms with Gasteiger partial charge in [-0.25, -0.2) is 14.8 Å². The maximum absolute atomic E-state index is 12.5. The number of nitrogen functional groups attached to an aromatic ring is 1. The van der Waals surface area contributed by atoms with Crippen molar-refractivity contribution in [1.29, 1.82) is 0 Å². The first-order chi connectivity index (χ1) is 12.1. The lowest BCUT2D eigenvalue weighted by atomic mass is 10.2. The van der Waals surface area contributed by atoms with E-state index in [2.05, 4.69) is 9.97 Å². The van der Waals surface area contributed by atoms with Gasteiger partial charge in [-0.2, -0.15) is 0 Å². The number of fused-ring (bicyclic) bond motifs is 1. The Morgan fingerprint density at radius 2 is 1.68 bits per heavy atom. The molecule has 0 spiro atoms. The molecular formula is C18H17N3O4. The van der Waals surface area contributed by atoms with Gasteiger partial charge in [0.05, 0.1) is 19.7 Å². The van der Waals surface area contributed by atoms with Crippen molar-refractivity contribution in [2.45, 2.75) is 6.61 Å². The van der Waals surface area contributed by atoms with Crippen molar-refractivity contribution in [1.82, 2.24) is 9.97 Å². The molecule has 1 aromatic heterocycles. The number of carbonyl (C=O) groups excluding carboxylic acids is 1. The summed E-state index contributed by atoms with van der Waals surface area (Å²) in [5.41, 5.74) is 6.83. The van der Waals surface area contributed by atoms with E-state index in [1.807, 2.05) is 24.3 Å². The second-order valence-electron chi connectivity index (χ2n) is 5.16. The minimum Gasteiger partial charge on any atom is -0.496 e. The molecule has 7 nitrogen and oxygen atoms in total. The fraction of sp³-hybridized carbons (Fsp3) is 0.167. The standard InChI is InChI=1S/C18H17N3O4/c1-23-13-8-5-9-14(24-2)16(13)18(22)25-10-15-20-12-7-4-3-6-11(12)17(19)21-15/h3-9H,10H2,1-2H3,(H2,19,20,21). The van der Waals surface area contributed by atoms with Crippen LogP contribution in [0.25, 0.3) is 10.9 Å². The second-order valence-corrected chi connectivity index (χ2v) is 5.16. The summed E-state index contributed by atoms with van der Waals surface area (Å²) in [6.45, 7) is -0.116. The predicted octanol–water partition coefficient (Wildman–Crippen LogP) is 2.59. The highest BCUT2D eigenvalue weighted by atomic mass is 16.5. The monoisotopic (exact) mass is 339 g/mol. The fourth-order valence-electron chi connectivity index (χ4n) is 2.47. The van der Waals surface area contributed by atoms with Gasteiger partial charge in [0.15, 0.2) is 12.4 Å². The molecule has 0 atom stereocenters. The molecule has 0 amide bonds. The molecule has 2 N–H and O–H groups in total. The van der Waals surface area contributed by atoms with Crippen LogP contribution < -0.4 is 15.2 Å². The van der Waals surface area contributed by atoms with E-state index < -0.39 is 5.97 Å². The van der Waals surface area contributed by atoms with Crippen LogP contribution in [0.4, 0.5) is 5.82 Å². The van der Waals surface area contributed by atoms with Crippen LogP contribution >= 0.6 is 0 Å². The first-order valence-electron chi connectivity index (χ1n) is 7.53. The Balaban J connectivity index is 1.84.